The van der Waals surface area contributed by atoms with Crippen LogP contribution in [0, 0.1) is 0 Å². The largest absolute Gasteiger partial charge is 0.481 e. The molecule has 4 nitrogen and oxygen atoms in total. The third-order valence-corrected chi connectivity index (χ3v) is 3.93. The van der Waals surface area contributed by atoms with Gasteiger partial charge in [0.05, 0.1) is 5.71 Å². The Morgan fingerprint density at radius 2 is 1.64 bits per heavy atom. The Kier molecular flexibility index (Phi) is 5.09. The number of hydrazone groups is 1. The van der Waals surface area contributed by atoms with Gasteiger partial charge in [-0.1, -0.05) is 60.7 Å². The van der Waals surface area contributed by atoms with Crippen LogP contribution in [0.2, 0.25) is 0 Å². The summed E-state index contributed by atoms with van der Waals surface area (Å²) in [6.07, 6.45) is -0.645. The standard InChI is InChI=1S/C21H20N2O2/c1-15(17-8-4-3-5-9-17)22-23-21(24)16(2)25-20-13-12-18-10-6-7-11-19(18)14-20/h3-14,16H,1-2H3,(H,23,24)/t16-/m0/s1. The van der Waals surface area contributed by atoms with E-state index in [0.29, 0.717) is 5.75 Å². The van der Waals surface area contributed by atoms with Crippen molar-refractivity contribution in [2.45, 2.75) is 20.0 Å². The second kappa shape index (κ2) is 7.62. The number of hydrogen-bond acceptors (Lipinski definition) is 3. The Morgan fingerprint density at radius 1 is 0.960 bits per heavy atom. The normalized spacial score (nSPS) is 12.6. The van der Waals surface area contributed by atoms with Crippen LogP contribution in [0.1, 0.15) is 19.4 Å². The van der Waals surface area contributed by atoms with Crippen LogP contribution in [0.4, 0.5) is 0 Å². The highest BCUT2D eigenvalue weighted by molar-refractivity contribution is 5.99. The van der Waals surface area contributed by atoms with E-state index in [1.165, 1.54) is 0 Å². The van der Waals surface area contributed by atoms with E-state index in [1.54, 1.807) is 6.92 Å². The van der Waals surface area contributed by atoms with Gasteiger partial charge in [-0.3, -0.25) is 4.79 Å². The van der Waals surface area contributed by atoms with Gasteiger partial charge in [0, 0.05) is 0 Å². The molecule has 0 aromatic heterocycles. The molecule has 1 amide bonds. The smallest absolute Gasteiger partial charge is 0.280 e. The molecule has 3 rings (SSSR count). The number of carbonyl (C=O) groups excluding carboxylic acids is 1. The number of nitrogens with zero attached hydrogens (tertiary/aromatic N) is 1. The van der Waals surface area contributed by atoms with E-state index in [9.17, 15) is 4.79 Å². The lowest BCUT2D eigenvalue weighted by Crippen LogP contribution is -2.33. The fourth-order valence-electron chi connectivity index (χ4n) is 2.47. The molecule has 0 bridgehead atoms. The summed E-state index contributed by atoms with van der Waals surface area (Å²) in [4.78, 5) is 12.2. The number of nitrogens with one attached hydrogen (secondary N) is 1. The molecule has 0 aliphatic carbocycles. The Balaban J connectivity index is 1.63. The zero-order valence-electron chi connectivity index (χ0n) is 14.3. The number of benzene rings is 3. The van der Waals surface area contributed by atoms with Crippen molar-refractivity contribution in [1.82, 2.24) is 5.43 Å². The quantitative estimate of drug-likeness (QED) is 0.564. The first-order chi connectivity index (χ1) is 12.1. The van der Waals surface area contributed by atoms with Crippen LogP contribution in [0.25, 0.3) is 10.8 Å². The lowest BCUT2D eigenvalue weighted by Gasteiger charge is -2.14. The molecule has 25 heavy (non-hydrogen) atoms. The van der Waals surface area contributed by atoms with Crippen molar-refractivity contribution in [3.05, 3.63) is 78.4 Å². The number of rotatable bonds is 5. The van der Waals surface area contributed by atoms with Crippen LogP contribution in [0.3, 0.4) is 0 Å². The van der Waals surface area contributed by atoms with Gasteiger partial charge in [-0.05, 0) is 42.3 Å². The van der Waals surface area contributed by atoms with Crippen LogP contribution < -0.4 is 10.2 Å². The van der Waals surface area contributed by atoms with Crippen molar-refractivity contribution in [2.24, 2.45) is 5.10 Å². The molecule has 0 fully saturated rings. The maximum absolute atomic E-state index is 12.2. The summed E-state index contributed by atoms with van der Waals surface area (Å²) in [5, 5.41) is 6.35. The molecule has 3 aromatic rings. The highest BCUT2D eigenvalue weighted by atomic mass is 16.5. The predicted molar refractivity (Wildman–Crippen MR) is 101 cm³/mol. The topological polar surface area (TPSA) is 50.7 Å². The van der Waals surface area contributed by atoms with Gasteiger partial charge in [-0.2, -0.15) is 5.10 Å². The molecule has 126 valence electrons. The maximum atomic E-state index is 12.2. The van der Waals surface area contributed by atoms with E-state index in [1.807, 2.05) is 79.7 Å². The van der Waals surface area contributed by atoms with Gasteiger partial charge in [0.2, 0.25) is 0 Å². The lowest BCUT2D eigenvalue weighted by atomic mass is 10.1. The van der Waals surface area contributed by atoms with E-state index in [2.05, 4.69) is 10.5 Å². The van der Waals surface area contributed by atoms with Gasteiger partial charge < -0.3 is 4.74 Å². The summed E-state index contributed by atoms with van der Waals surface area (Å²) in [5.74, 6) is 0.369. The molecule has 0 unspecified atom stereocenters. The second-order valence-electron chi connectivity index (χ2n) is 5.81. The molecule has 0 saturated carbocycles. The van der Waals surface area contributed by atoms with Gasteiger partial charge in [0.1, 0.15) is 5.75 Å². The van der Waals surface area contributed by atoms with Crippen molar-refractivity contribution in [3.63, 3.8) is 0 Å². The fraction of sp³-hybridized carbons (Fsp3) is 0.143. The number of amides is 1. The average molecular weight is 332 g/mol. The Hall–Kier alpha value is -3.14. The molecule has 0 saturated heterocycles. The van der Waals surface area contributed by atoms with Crippen molar-refractivity contribution >= 4 is 22.4 Å². The molecule has 0 spiro atoms. The Bertz CT molecular complexity index is 904. The van der Waals surface area contributed by atoms with E-state index in [-0.39, 0.29) is 5.91 Å². The molecule has 3 aromatic carbocycles. The van der Waals surface area contributed by atoms with Crippen LogP contribution in [-0.2, 0) is 4.79 Å². The van der Waals surface area contributed by atoms with Crippen molar-refractivity contribution < 1.29 is 9.53 Å². The van der Waals surface area contributed by atoms with E-state index in [0.717, 1.165) is 22.0 Å². The molecule has 1 N–H and O–H groups in total. The number of hydrogen-bond donors (Lipinski definition) is 1. The van der Waals surface area contributed by atoms with Gasteiger partial charge >= 0.3 is 0 Å². The van der Waals surface area contributed by atoms with Crippen molar-refractivity contribution in [3.8, 4) is 5.75 Å². The van der Waals surface area contributed by atoms with Crippen molar-refractivity contribution in [1.29, 1.82) is 0 Å². The lowest BCUT2D eigenvalue weighted by molar-refractivity contribution is -0.127. The predicted octanol–water partition coefficient (Wildman–Crippen LogP) is 4.15. The number of fused-ring (bicyclic) bond motifs is 1. The minimum Gasteiger partial charge on any atom is -0.481 e. The van der Waals surface area contributed by atoms with Crippen molar-refractivity contribution in [2.75, 3.05) is 0 Å². The molecular formula is C21H20N2O2. The summed E-state index contributed by atoms with van der Waals surface area (Å²) >= 11 is 0. The Labute approximate surface area is 147 Å². The third-order valence-electron chi connectivity index (χ3n) is 3.93. The molecule has 0 aliphatic heterocycles. The van der Waals surface area contributed by atoms with E-state index >= 15 is 0 Å². The average Bonchev–Trinajstić information content (AvgIpc) is 2.66. The summed E-state index contributed by atoms with van der Waals surface area (Å²) < 4.78 is 5.74. The summed E-state index contributed by atoms with van der Waals surface area (Å²) in [7, 11) is 0. The maximum Gasteiger partial charge on any atom is 0.280 e. The molecule has 0 heterocycles. The SMILES string of the molecule is CC(=NNC(=O)[C@H](C)Oc1ccc2ccccc2c1)c1ccccc1. The van der Waals surface area contributed by atoms with Crippen LogP contribution in [0.15, 0.2) is 77.9 Å². The van der Waals surface area contributed by atoms with Crippen LogP contribution in [0.5, 0.6) is 5.75 Å². The zero-order chi connectivity index (χ0) is 17.6. The van der Waals surface area contributed by atoms with Gasteiger partial charge in [0.25, 0.3) is 5.91 Å². The molecular weight excluding hydrogens is 312 g/mol. The monoisotopic (exact) mass is 332 g/mol. The summed E-state index contributed by atoms with van der Waals surface area (Å²) in [6.45, 7) is 3.56. The minimum atomic E-state index is -0.645. The van der Waals surface area contributed by atoms with Gasteiger partial charge in [-0.25, -0.2) is 5.43 Å². The molecule has 1 atom stereocenters. The summed E-state index contributed by atoms with van der Waals surface area (Å²) in [6, 6.07) is 23.5. The van der Waals surface area contributed by atoms with E-state index in [4.69, 9.17) is 4.74 Å². The molecule has 4 heteroatoms. The first-order valence-electron chi connectivity index (χ1n) is 8.18. The third kappa shape index (κ3) is 4.23. The molecule has 0 radical (unpaired) electrons. The van der Waals surface area contributed by atoms with Gasteiger partial charge in [0.15, 0.2) is 6.10 Å². The molecule has 0 aliphatic rings. The zero-order valence-corrected chi connectivity index (χ0v) is 14.3. The van der Waals surface area contributed by atoms with Crippen LogP contribution >= 0.6 is 0 Å². The first-order valence-corrected chi connectivity index (χ1v) is 8.18. The Morgan fingerprint density at radius 3 is 2.40 bits per heavy atom. The fourth-order valence-corrected chi connectivity index (χ4v) is 2.47. The number of carbonyl (C=O) groups is 1. The van der Waals surface area contributed by atoms with E-state index < -0.39 is 6.10 Å². The van der Waals surface area contributed by atoms with Crippen LogP contribution in [-0.4, -0.2) is 17.7 Å². The minimum absolute atomic E-state index is 0.288. The highest BCUT2D eigenvalue weighted by Gasteiger charge is 2.14. The van der Waals surface area contributed by atoms with Gasteiger partial charge in [-0.15, -0.1) is 0 Å². The number of ether oxygens (including phenoxy) is 1. The first kappa shape index (κ1) is 16.7. The highest BCUT2D eigenvalue weighted by Crippen LogP contribution is 2.21. The summed E-state index contributed by atoms with van der Waals surface area (Å²) in [5.41, 5.74) is 4.27. The second-order valence-corrected chi connectivity index (χ2v) is 5.81.